The van der Waals surface area contributed by atoms with E-state index in [1.54, 1.807) is 0 Å². The lowest BCUT2D eigenvalue weighted by Gasteiger charge is -2.23. The van der Waals surface area contributed by atoms with Crippen LogP contribution in [0, 0.1) is 0 Å². The highest BCUT2D eigenvalue weighted by Gasteiger charge is 2.32. The van der Waals surface area contributed by atoms with Gasteiger partial charge in [-0.3, -0.25) is 0 Å². The smallest absolute Gasteiger partial charge is 0.131 e. The fraction of sp³-hybridized carbons (Fsp3) is 0.400. The van der Waals surface area contributed by atoms with Crippen molar-refractivity contribution in [2.45, 2.75) is 24.4 Å². The van der Waals surface area contributed by atoms with Crippen molar-refractivity contribution in [3.63, 3.8) is 0 Å². The molecule has 38 heavy (non-hydrogen) atoms. The topological polar surface area (TPSA) is 75.1 Å². The summed E-state index contributed by atoms with van der Waals surface area (Å²) in [5.74, 6) is 3.00. The molecule has 0 radical (unpaired) electrons. The van der Waals surface area contributed by atoms with Crippen molar-refractivity contribution in [2.24, 2.45) is 0 Å². The average Bonchev–Trinajstić information content (AvgIpc) is 3.75. The number of anilines is 2. The Morgan fingerprint density at radius 3 is 1.16 bits per heavy atom. The maximum atomic E-state index is 6.14. The van der Waals surface area contributed by atoms with E-state index in [9.17, 15) is 0 Å². The number of ether oxygens (including phenoxy) is 6. The van der Waals surface area contributed by atoms with Gasteiger partial charge >= 0.3 is 0 Å². The third-order valence-corrected chi connectivity index (χ3v) is 6.99. The van der Waals surface area contributed by atoms with Crippen LogP contribution in [0.15, 0.2) is 72.8 Å². The Labute approximate surface area is 222 Å². The number of epoxide rings is 4. The van der Waals surface area contributed by atoms with E-state index < -0.39 is 0 Å². The molecular formula is C30H32N2O6. The van der Waals surface area contributed by atoms with Gasteiger partial charge in [0, 0.05) is 43.6 Å². The van der Waals surface area contributed by atoms with Gasteiger partial charge in [-0.2, -0.15) is 0 Å². The van der Waals surface area contributed by atoms with Crippen LogP contribution in [-0.2, 0) is 18.9 Å². The van der Waals surface area contributed by atoms with Crippen LogP contribution < -0.4 is 19.3 Å². The highest BCUT2D eigenvalue weighted by Crippen LogP contribution is 2.31. The Morgan fingerprint density at radius 2 is 0.842 bits per heavy atom. The van der Waals surface area contributed by atoms with Crippen molar-refractivity contribution in [1.29, 1.82) is 0 Å². The van der Waals surface area contributed by atoms with Crippen LogP contribution in [0.5, 0.6) is 23.0 Å². The summed E-state index contributed by atoms with van der Waals surface area (Å²) in [5.41, 5.74) is 2.30. The molecule has 0 bridgehead atoms. The minimum atomic E-state index is 0.331. The van der Waals surface area contributed by atoms with E-state index in [-0.39, 0.29) is 0 Å². The molecule has 3 aromatic rings. The quantitative estimate of drug-likeness (QED) is 0.291. The SMILES string of the molecule is c1cc(Oc2ccc(N(CC3CO3)CC3CO3)cc2)cc(Oc2ccc(N(CC3CO3)CC3CO3)cc2)c1. The van der Waals surface area contributed by atoms with Gasteiger partial charge in [0.2, 0.25) is 0 Å². The van der Waals surface area contributed by atoms with Gasteiger partial charge in [0.05, 0.1) is 50.8 Å². The van der Waals surface area contributed by atoms with Gasteiger partial charge in [0.15, 0.2) is 0 Å². The molecule has 0 spiro atoms. The number of benzene rings is 3. The molecule has 4 unspecified atom stereocenters. The predicted octanol–water partition coefficient (Wildman–Crippen LogP) is 4.48. The summed E-state index contributed by atoms with van der Waals surface area (Å²) in [6.45, 7) is 6.94. The van der Waals surface area contributed by atoms with Crippen molar-refractivity contribution < 1.29 is 28.4 Å². The van der Waals surface area contributed by atoms with Gasteiger partial charge in [-0.15, -0.1) is 0 Å². The van der Waals surface area contributed by atoms with E-state index >= 15 is 0 Å². The summed E-state index contributed by atoms with van der Waals surface area (Å²) in [6, 6.07) is 24.1. The van der Waals surface area contributed by atoms with Crippen LogP contribution in [-0.4, -0.2) is 77.0 Å². The molecule has 0 saturated carbocycles. The summed E-state index contributed by atoms with van der Waals surface area (Å²) in [6.07, 6.45) is 1.32. The van der Waals surface area contributed by atoms with E-state index in [1.165, 1.54) is 0 Å². The second-order valence-electron chi connectivity index (χ2n) is 10.3. The Hall–Kier alpha value is -3.30. The van der Waals surface area contributed by atoms with Crippen molar-refractivity contribution >= 4 is 11.4 Å². The Balaban J connectivity index is 0.972. The maximum Gasteiger partial charge on any atom is 0.131 e. The minimum absolute atomic E-state index is 0.331. The first kappa shape index (κ1) is 23.8. The summed E-state index contributed by atoms with van der Waals surface area (Å²) < 4.78 is 34.0. The molecule has 0 aliphatic carbocycles. The molecule has 4 aliphatic heterocycles. The molecule has 7 rings (SSSR count). The third kappa shape index (κ3) is 6.57. The normalized spacial score (nSPS) is 24.4. The second-order valence-corrected chi connectivity index (χ2v) is 10.3. The molecule has 4 aliphatic rings. The summed E-state index contributed by atoms with van der Waals surface area (Å²) in [7, 11) is 0. The summed E-state index contributed by atoms with van der Waals surface area (Å²) >= 11 is 0. The molecule has 4 heterocycles. The van der Waals surface area contributed by atoms with E-state index in [1.807, 2.05) is 48.5 Å². The number of nitrogens with zero attached hydrogens (tertiary/aromatic N) is 2. The lowest BCUT2D eigenvalue weighted by molar-refractivity contribution is 0.388. The average molecular weight is 517 g/mol. The number of hydrogen-bond donors (Lipinski definition) is 0. The zero-order chi connectivity index (χ0) is 25.3. The van der Waals surface area contributed by atoms with Crippen LogP contribution in [0.2, 0.25) is 0 Å². The first-order valence-corrected chi connectivity index (χ1v) is 13.4. The van der Waals surface area contributed by atoms with Gasteiger partial charge in [0.25, 0.3) is 0 Å². The molecule has 3 aromatic carbocycles. The van der Waals surface area contributed by atoms with Gasteiger partial charge in [-0.1, -0.05) is 6.07 Å². The minimum Gasteiger partial charge on any atom is -0.457 e. The molecule has 4 atom stereocenters. The van der Waals surface area contributed by atoms with E-state index in [2.05, 4.69) is 34.1 Å². The van der Waals surface area contributed by atoms with Crippen molar-refractivity contribution in [3.8, 4) is 23.0 Å². The van der Waals surface area contributed by atoms with Crippen LogP contribution in [0.25, 0.3) is 0 Å². The predicted molar refractivity (Wildman–Crippen MR) is 143 cm³/mol. The summed E-state index contributed by atoms with van der Waals surface area (Å²) in [5, 5.41) is 0. The molecule has 8 nitrogen and oxygen atoms in total. The highest BCUT2D eigenvalue weighted by atomic mass is 16.6. The number of hydrogen-bond acceptors (Lipinski definition) is 8. The largest absolute Gasteiger partial charge is 0.457 e. The third-order valence-electron chi connectivity index (χ3n) is 6.99. The molecule has 0 aromatic heterocycles. The van der Waals surface area contributed by atoms with Gasteiger partial charge in [-0.25, -0.2) is 0 Å². The zero-order valence-electron chi connectivity index (χ0n) is 21.2. The first-order valence-electron chi connectivity index (χ1n) is 13.4. The Morgan fingerprint density at radius 1 is 0.500 bits per heavy atom. The fourth-order valence-electron chi connectivity index (χ4n) is 4.57. The van der Waals surface area contributed by atoms with Crippen LogP contribution >= 0.6 is 0 Å². The molecule has 4 saturated heterocycles. The molecule has 8 heteroatoms. The fourth-order valence-corrected chi connectivity index (χ4v) is 4.57. The Kier molecular flexibility index (Phi) is 6.55. The lowest BCUT2D eigenvalue weighted by Crippen LogP contribution is -2.31. The van der Waals surface area contributed by atoms with E-state index in [0.717, 1.165) is 87.0 Å². The van der Waals surface area contributed by atoms with Gasteiger partial charge in [-0.05, 0) is 60.7 Å². The zero-order valence-corrected chi connectivity index (χ0v) is 21.2. The first-order chi connectivity index (χ1) is 18.7. The second kappa shape index (κ2) is 10.5. The van der Waals surface area contributed by atoms with Crippen molar-refractivity contribution in [1.82, 2.24) is 0 Å². The van der Waals surface area contributed by atoms with Crippen molar-refractivity contribution in [2.75, 3.05) is 62.4 Å². The lowest BCUT2D eigenvalue weighted by atomic mass is 10.2. The van der Waals surface area contributed by atoms with Gasteiger partial charge in [0.1, 0.15) is 23.0 Å². The van der Waals surface area contributed by atoms with Gasteiger partial charge < -0.3 is 38.2 Å². The molecule has 0 amide bonds. The molecule has 198 valence electrons. The van der Waals surface area contributed by atoms with Crippen LogP contribution in [0.4, 0.5) is 11.4 Å². The monoisotopic (exact) mass is 516 g/mol. The van der Waals surface area contributed by atoms with Crippen LogP contribution in [0.1, 0.15) is 0 Å². The van der Waals surface area contributed by atoms with E-state index in [4.69, 9.17) is 28.4 Å². The maximum absolute atomic E-state index is 6.14. The van der Waals surface area contributed by atoms with Crippen LogP contribution in [0.3, 0.4) is 0 Å². The summed E-state index contributed by atoms with van der Waals surface area (Å²) in [4.78, 5) is 4.66. The molecule has 4 fully saturated rings. The number of rotatable bonds is 14. The standard InChI is InChI=1S/C30H32N2O6/c1-2-25(37-23-8-4-21(5-9-23)31(13-27-17-33-27)14-28-18-34-28)12-26(3-1)38-24-10-6-22(7-11-24)32(15-29-19-35-29)16-30-20-36-30/h1-12,27-30H,13-20H2. The molecule has 0 N–H and O–H groups in total. The van der Waals surface area contributed by atoms with E-state index in [0.29, 0.717) is 24.4 Å². The Bertz CT molecular complexity index is 1100. The molecular weight excluding hydrogens is 484 g/mol. The van der Waals surface area contributed by atoms with Crippen molar-refractivity contribution in [3.05, 3.63) is 72.8 Å². The highest BCUT2D eigenvalue weighted by molar-refractivity contribution is 5.52.